The quantitative estimate of drug-likeness (QED) is 0.156. The fourth-order valence-electron chi connectivity index (χ4n) is 10.7. The Labute approximate surface area is 399 Å². The summed E-state index contributed by atoms with van der Waals surface area (Å²) in [6.45, 7) is 29.4. The van der Waals surface area contributed by atoms with E-state index in [0.29, 0.717) is 0 Å². The van der Waals surface area contributed by atoms with Crippen LogP contribution >= 0.6 is 0 Å². The van der Waals surface area contributed by atoms with Crippen LogP contribution in [0.15, 0.2) is 97.1 Å². The first-order chi connectivity index (χ1) is 27.5. The summed E-state index contributed by atoms with van der Waals surface area (Å²) in [4.78, 5) is 0. The molecule has 0 atom stereocenters. The van der Waals surface area contributed by atoms with Crippen LogP contribution in [0, 0.1) is 36.7 Å². The number of rotatable bonds is 3. The van der Waals surface area contributed by atoms with E-state index >= 15 is 0 Å². The molecule has 5 aliphatic carbocycles. The molecule has 0 radical (unpaired) electrons. The minimum absolute atomic E-state index is 0. The predicted molar refractivity (Wildman–Crippen MR) is 251 cm³/mol. The van der Waals surface area contributed by atoms with Gasteiger partial charge in [0, 0.05) is 0 Å². The largest absolute Gasteiger partial charge is 1.00 e. The van der Waals surface area contributed by atoms with Gasteiger partial charge in [-0.25, -0.2) is 6.07 Å². The van der Waals surface area contributed by atoms with E-state index in [-0.39, 0.29) is 46.5 Å². The van der Waals surface area contributed by atoms with E-state index < -0.39 is 0 Å². The van der Waals surface area contributed by atoms with Crippen LogP contribution in [0.1, 0.15) is 177 Å². The monoisotopic (exact) mass is 928 g/mol. The van der Waals surface area contributed by atoms with Crippen molar-refractivity contribution in [3.05, 3.63) is 159 Å². The van der Waals surface area contributed by atoms with Crippen LogP contribution in [0.4, 0.5) is 0 Å². The standard InChI is InChI=1S/C21H25.C21H26.C16H21.2ClH.Zr/c1-20(2,3)16-9-7-14-11-15-8-10-17(21(4,5)6)13-19(15)18(14)12-16;1-20(2,3)18-11-7-16(8-12-18)15-17-9-13-19(14-10-17)21(4,5)6;1-10-2-3-13(4-10)16-14-6-11-5-12(8-14)9-15(16)7-11;;;/h7,9-10,12-13H,11H2,1-6H3;7-14H,1-6H3;2-4,11-12,14-16H,5-9H2,1H3;2*1H;/q-1;;-1;;;+2/p-2. The van der Waals surface area contributed by atoms with Gasteiger partial charge in [0.25, 0.3) is 0 Å². The second kappa shape index (κ2) is 19.0. The molecule has 0 N–H and O–H groups in total. The van der Waals surface area contributed by atoms with Crippen molar-refractivity contribution in [2.45, 2.75) is 156 Å². The van der Waals surface area contributed by atoms with Crippen molar-refractivity contribution < 1.29 is 49.0 Å². The van der Waals surface area contributed by atoms with Gasteiger partial charge in [-0.15, -0.1) is 5.56 Å². The van der Waals surface area contributed by atoms with Gasteiger partial charge < -0.3 is 24.8 Å². The molecule has 61 heavy (non-hydrogen) atoms. The van der Waals surface area contributed by atoms with Gasteiger partial charge in [0.1, 0.15) is 0 Å². The predicted octanol–water partition coefficient (Wildman–Crippen LogP) is 9.31. The number of benzene rings is 4. The van der Waals surface area contributed by atoms with E-state index in [1.807, 2.05) is 0 Å². The molecule has 0 spiro atoms. The molecule has 0 nitrogen and oxygen atoms in total. The van der Waals surface area contributed by atoms with Crippen molar-refractivity contribution in [2.75, 3.05) is 0 Å². The number of fused-ring (bicyclic) bond motifs is 3. The Bertz CT molecular complexity index is 2110. The topological polar surface area (TPSA) is 0 Å². The molecule has 324 valence electrons. The summed E-state index contributed by atoms with van der Waals surface area (Å²) in [7, 11) is 0. The number of hydrogen-bond acceptors (Lipinski definition) is 0. The first-order valence-corrected chi connectivity index (χ1v) is 24.0. The smallest absolute Gasteiger partial charge is 0.0407 e. The van der Waals surface area contributed by atoms with E-state index in [4.69, 9.17) is 0 Å². The zero-order valence-electron chi connectivity index (χ0n) is 39.6. The molecule has 0 aromatic heterocycles. The average Bonchev–Trinajstić information content (AvgIpc) is 3.76. The van der Waals surface area contributed by atoms with Gasteiger partial charge in [-0.05, 0) is 73.2 Å². The third kappa shape index (κ3) is 11.5. The second-order valence-electron chi connectivity index (χ2n) is 23.0. The number of hydrogen-bond donors (Lipinski definition) is 0. The molecule has 0 aliphatic heterocycles. The van der Waals surface area contributed by atoms with E-state index in [9.17, 15) is 0 Å². The van der Waals surface area contributed by atoms with Crippen LogP contribution in [0.25, 0.3) is 11.1 Å². The summed E-state index contributed by atoms with van der Waals surface area (Å²) in [5, 5.41) is 0. The Morgan fingerprint density at radius 2 is 1.00 bits per heavy atom. The molecular weight excluding hydrogens is 859 g/mol. The fraction of sp³-hybridized carbons (Fsp3) is 0.483. The molecule has 0 heterocycles. The van der Waals surface area contributed by atoms with E-state index in [0.717, 1.165) is 36.0 Å². The fourth-order valence-corrected chi connectivity index (χ4v) is 11.5. The first kappa shape index (κ1) is 49.6. The third-order valence-electron chi connectivity index (χ3n) is 14.2. The zero-order valence-corrected chi connectivity index (χ0v) is 43.6. The van der Waals surface area contributed by atoms with Crippen LogP contribution in [0.2, 0.25) is 0 Å². The summed E-state index contributed by atoms with van der Waals surface area (Å²) in [6, 6.07) is 40.4. The molecule has 10 rings (SSSR count). The molecule has 4 saturated carbocycles. The normalized spacial score (nSPS) is 21.1. The molecule has 0 unspecified atom stereocenters. The van der Waals surface area contributed by atoms with Crippen LogP contribution in [-0.2, 0) is 52.3 Å². The Balaban J connectivity index is 0.000000172. The van der Waals surface area contributed by atoms with E-state index in [1.165, 1.54) is 88.6 Å². The Hall–Kier alpha value is -2.44. The maximum Gasteiger partial charge on any atom is -0.0407 e. The molecule has 4 bridgehead atoms. The zero-order chi connectivity index (χ0) is 42.7. The molecule has 0 amide bonds. The summed E-state index contributed by atoms with van der Waals surface area (Å²) >= 11 is 1.46. The molecule has 5 aromatic carbocycles. The average molecular weight is 931 g/mol. The molecule has 0 saturated heterocycles. The summed E-state index contributed by atoms with van der Waals surface area (Å²) in [6.07, 6.45) is 8.77. The SMILES string of the molecule is CC(C)(C)c1c[c-]c2c(c1)-c1cc(C(C)(C)C)ccc1C2.CC(C)(C)c1ccc([C](=[Zr+2])c2ccc(C(C)(C)C)cc2)cc1.Cc1cc(C2C3CC4CC(C3)CC2C4)c[cH-]1.[Cl-].[Cl-]. The summed E-state index contributed by atoms with van der Waals surface area (Å²) < 4.78 is 1.42. The van der Waals surface area contributed by atoms with E-state index in [2.05, 4.69) is 193 Å². The van der Waals surface area contributed by atoms with E-state index in [1.54, 1.807) is 37.7 Å². The first-order valence-electron chi connectivity index (χ1n) is 22.8. The van der Waals surface area contributed by atoms with Crippen molar-refractivity contribution >= 4 is 3.21 Å². The van der Waals surface area contributed by atoms with Crippen LogP contribution in [0.5, 0.6) is 0 Å². The Morgan fingerprint density at radius 1 is 0.557 bits per heavy atom. The third-order valence-corrected chi connectivity index (χ3v) is 15.6. The maximum atomic E-state index is 3.53. The molecule has 4 fully saturated rings. The van der Waals surface area contributed by atoms with Crippen molar-refractivity contribution in [2.24, 2.45) is 23.7 Å². The summed E-state index contributed by atoms with van der Waals surface area (Å²) in [5.41, 5.74) is 17.8. The van der Waals surface area contributed by atoms with Gasteiger partial charge in [-0.2, -0.15) is 52.6 Å². The molecule has 3 heteroatoms. The van der Waals surface area contributed by atoms with Crippen molar-refractivity contribution in [3.63, 3.8) is 0 Å². The maximum absolute atomic E-state index is 3.53. The van der Waals surface area contributed by atoms with Gasteiger partial charge in [0.15, 0.2) is 0 Å². The Kier molecular flexibility index (Phi) is 15.4. The van der Waals surface area contributed by atoms with Crippen molar-refractivity contribution in [1.82, 2.24) is 0 Å². The van der Waals surface area contributed by atoms with Gasteiger partial charge in [-0.3, -0.25) is 0 Å². The number of aryl methyl sites for hydroxylation is 1. The van der Waals surface area contributed by atoms with Gasteiger partial charge in [-0.1, -0.05) is 89.1 Å². The Morgan fingerprint density at radius 3 is 1.43 bits per heavy atom. The molecule has 5 aliphatic rings. The van der Waals surface area contributed by atoms with Gasteiger partial charge in [0.2, 0.25) is 0 Å². The number of halogens is 2. The van der Waals surface area contributed by atoms with Gasteiger partial charge >= 0.3 is 151 Å². The van der Waals surface area contributed by atoms with Crippen molar-refractivity contribution in [3.8, 4) is 11.1 Å². The second-order valence-corrected chi connectivity index (χ2v) is 24.3. The molecular formula is C58H72Cl2Zr-2. The van der Waals surface area contributed by atoms with Gasteiger partial charge in [0.05, 0.1) is 0 Å². The van der Waals surface area contributed by atoms with Crippen LogP contribution < -0.4 is 24.8 Å². The molecule has 5 aromatic rings. The summed E-state index contributed by atoms with van der Waals surface area (Å²) in [5.74, 6) is 5.22. The van der Waals surface area contributed by atoms with Crippen LogP contribution in [-0.4, -0.2) is 3.21 Å². The van der Waals surface area contributed by atoms with Crippen LogP contribution in [0.3, 0.4) is 0 Å². The minimum atomic E-state index is 0. The minimum Gasteiger partial charge on any atom is -1.00 e. The van der Waals surface area contributed by atoms with Crippen molar-refractivity contribution in [1.29, 1.82) is 0 Å².